The molecule has 0 fully saturated rings. The summed E-state index contributed by atoms with van der Waals surface area (Å²) in [4.78, 5) is 10.8. The number of ether oxygens (including phenoxy) is 1. The first-order valence-electron chi connectivity index (χ1n) is 7.73. The molecule has 0 aromatic rings. The van der Waals surface area contributed by atoms with E-state index in [1.807, 2.05) is 0 Å². The zero-order chi connectivity index (χ0) is 17.2. The lowest BCUT2D eigenvalue weighted by molar-refractivity contribution is -0.564. The second-order valence-corrected chi connectivity index (χ2v) is 6.24. The molecule has 0 aromatic carbocycles. The Labute approximate surface area is 132 Å². The summed E-state index contributed by atoms with van der Waals surface area (Å²) in [5, 5.41) is 31.1. The van der Waals surface area contributed by atoms with Gasteiger partial charge in [-0.1, -0.05) is 0 Å². The maximum absolute atomic E-state index is 11.2. The van der Waals surface area contributed by atoms with Gasteiger partial charge in [0, 0.05) is 25.2 Å². The van der Waals surface area contributed by atoms with Crippen molar-refractivity contribution in [2.75, 3.05) is 26.3 Å². The average molecular weight is 321 g/mol. The van der Waals surface area contributed by atoms with E-state index in [-0.39, 0.29) is 24.6 Å². The molecule has 0 heterocycles. The van der Waals surface area contributed by atoms with E-state index < -0.39 is 17.2 Å². The molecule has 0 amide bonds. The van der Waals surface area contributed by atoms with Gasteiger partial charge in [0.1, 0.15) is 0 Å². The van der Waals surface area contributed by atoms with Gasteiger partial charge >= 0.3 is 0 Å². The van der Waals surface area contributed by atoms with Crippen molar-refractivity contribution in [3.63, 3.8) is 0 Å². The molecule has 0 spiro atoms. The van der Waals surface area contributed by atoms with Crippen molar-refractivity contribution in [3.05, 3.63) is 10.1 Å². The molecule has 0 bridgehead atoms. The van der Waals surface area contributed by atoms with Crippen LogP contribution in [0, 0.1) is 10.1 Å². The first-order valence-corrected chi connectivity index (χ1v) is 7.73. The van der Waals surface area contributed by atoms with Gasteiger partial charge in [0.2, 0.25) is 5.54 Å². The van der Waals surface area contributed by atoms with Crippen molar-refractivity contribution in [1.82, 2.24) is 0 Å². The standard InChI is InChI=1S/C14H31N3O5/c1-13(2,17(20)21)11-12(22-10-9-18)14(19,5-3-7-15)6-4-8-16/h12,18-19H,3-11,15-16H2,1-2H3. The van der Waals surface area contributed by atoms with Crippen LogP contribution in [0.3, 0.4) is 0 Å². The smallest absolute Gasteiger partial charge is 0.219 e. The first kappa shape index (κ1) is 21.2. The van der Waals surface area contributed by atoms with E-state index in [1.54, 1.807) is 0 Å². The number of nitrogens with zero attached hydrogens (tertiary/aromatic N) is 1. The Morgan fingerprint density at radius 1 is 1.23 bits per heavy atom. The van der Waals surface area contributed by atoms with Gasteiger partial charge in [-0.25, -0.2) is 0 Å². The van der Waals surface area contributed by atoms with Crippen molar-refractivity contribution in [2.45, 2.75) is 63.2 Å². The lowest BCUT2D eigenvalue weighted by Crippen LogP contribution is -2.50. The summed E-state index contributed by atoms with van der Waals surface area (Å²) in [5.74, 6) is 0. The molecule has 0 rings (SSSR count). The number of rotatable bonds is 13. The van der Waals surface area contributed by atoms with Crippen LogP contribution in [0.4, 0.5) is 0 Å². The molecule has 0 saturated carbocycles. The molecule has 6 N–H and O–H groups in total. The van der Waals surface area contributed by atoms with Crippen LogP contribution in [-0.4, -0.2) is 58.7 Å². The number of aliphatic hydroxyl groups excluding tert-OH is 1. The molecule has 0 aromatic heterocycles. The van der Waals surface area contributed by atoms with Crippen LogP contribution in [0.25, 0.3) is 0 Å². The number of nitrogens with two attached hydrogens (primary N) is 2. The molecule has 8 nitrogen and oxygen atoms in total. The van der Waals surface area contributed by atoms with E-state index in [4.69, 9.17) is 21.3 Å². The Hall–Kier alpha value is -0.800. The fraction of sp³-hybridized carbons (Fsp3) is 1.00. The predicted molar refractivity (Wildman–Crippen MR) is 84.0 cm³/mol. The minimum Gasteiger partial charge on any atom is -0.394 e. The average Bonchev–Trinajstić information content (AvgIpc) is 2.47. The van der Waals surface area contributed by atoms with Gasteiger partial charge in [-0.3, -0.25) is 10.1 Å². The molecule has 22 heavy (non-hydrogen) atoms. The molecule has 0 aliphatic carbocycles. The third-order valence-corrected chi connectivity index (χ3v) is 3.82. The highest BCUT2D eigenvalue weighted by molar-refractivity contribution is 4.91. The van der Waals surface area contributed by atoms with E-state index in [2.05, 4.69) is 0 Å². The molecule has 8 heteroatoms. The fourth-order valence-electron chi connectivity index (χ4n) is 2.39. The second kappa shape index (κ2) is 10.1. The Morgan fingerprint density at radius 2 is 1.73 bits per heavy atom. The summed E-state index contributed by atoms with van der Waals surface area (Å²) in [6.07, 6.45) is 1.22. The molecular formula is C14H31N3O5. The Bertz CT molecular complexity index is 318. The molecule has 0 aliphatic heterocycles. The highest BCUT2D eigenvalue weighted by Crippen LogP contribution is 2.32. The normalized spacial score (nSPS) is 14.1. The van der Waals surface area contributed by atoms with Crippen LogP contribution < -0.4 is 11.5 Å². The predicted octanol–water partition coefficient (Wildman–Crippen LogP) is 0.0182. The number of aliphatic hydroxyl groups is 2. The van der Waals surface area contributed by atoms with Crippen LogP contribution in [0.1, 0.15) is 46.0 Å². The van der Waals surface area contributed by atoms with Gasteiger partial charge in [-0.2, -0.15) is 0 Å². The fourth-order valence-corrected chi connectivity index (χ4v) is 2.39. The van der Waals surface area contributed by atoms with E-state index >= 15 is 0 Å². The highest BCUT2D eigenvalue weighted by atomic mass is 16.6. The first-order chi connectivity index (χ1) is 10.2. The van der Waals surface area contributed by atoms with Crippen LogP contribution >= 0.6 is 0 Å². The lowest BCUT2D eigenvalue weighted by atomic mass is 9.80. The van der Waals surface area contributed by atoms with E-state index in [0.29, 0.717) is 38.8 Å². The van der Waals surface area contributed by atoms with Crippen LogP contribution in [0.2, 0.25) is 0 Å². The van der Waals surface area contributed by atoms with Crippen molar-refractivity contribution in [1.29, 1.82) is 0 Å². The van der Waals surface area contributed by atoms with Crippen LogP contribution in [0.15, 0.2) is 0 Å². The summed E-state index contributed by atoms with van der Waals surface area (Å²) in [5.41, 5.74) is 8.56. The Morgan fingerprint density at radius 3 is 2.09 bits per heavy atom. The second-order valence-electron chi connectivity index (χ2n) is 6.24. The summed E-state index contributed by atoms with van der Waals surface area (Å²) < 4.78 is 5.55. The quantitative estimate of drug-likeness (QED) is 0.276. The summed E-state index contributed by atoms with van der Waals surface area (Å²) >= 11 is 0. The number of hydrogen-bond donors (Lipinski definition) is 4. The maximum Gasteiger partial charge on any atom is 0.219 e. The van der Waals surface area contributed by atoms with E-state index in [9.17, 15) is 15.2 Å². The zero-order valence-corrected chi connectivity index (χ0v) is 13.7. The summed E-state index contributed by atoms with van der Waals surface area (Å²) in [7, 11) is 0. The van der Waals surface area contributed by atoms with Crippen LogP contribution in [-0.2, 0) is 4.74 Å². The lowest BCUT2D eigenvalue weighted by Gasteiger charge is -2.38. The zero-order valence-electron chi connectivity index (χ0n) is 13.7. The van der Waals surface area contributed by atoms with Gasteiger partial charge in [0.15, 0.2) is 0 Å². The van der Waals surface area contributed by atoms with Crippen molar-refractivity contribution in [2.24, 2.45) is 11.5 Å². The molecule has 1 unspecified atom stereocenters. The Balaban J connectivity index is 5.21. The van der Waals surface area contributed by atoms with Crippen molar-refractivity contribution in [3.8, 4) is 0 Å². The van der Waals surface area contributed by atoms with Gasteiger partial charge in [-0.15, -0.1) is 0 Å². The van der Waals surface area contributed by atoms with E-state index in [1.165, 1.54) is 13.8 Å². The third-order valence-electron chi connectivity index (χ3n) is 3.82. The minimum atomic E-state index is -1.24. The van der Waals surface area contributed by atoms with Gasteiger partial charge in [0.25, 0.3) is 0 Å². The number of hydrogen-bond acceptors (Lipinski definition) is 7. The van der Waals surface area contributed by atoms with Crippen molar-refractivity contribution >= 4 is 0 Å². The van der Waals surface area contributed by atoms with Crippen molar-refractivity contribution < 1.29 is 19.9 Å². The maximum atomic E-state index is 11.2. The minimum absolute atomic E-state index is 0.0199. The molecule has 1 atom stereocenters. The molecule has 0 radical (unpaired) electrons. The molecule has 0 saturated heterocycles. The van der Waals surface area contributed by atoms with Gasteiger partial charge in [0.05, 0.1) is 24.9 Å². The highest BCUT2D eigenvalue weighted by Gasteiger charge is 2.44. The molecule has 0 aliphatic rings. The van der Waals surface area contributed by atoms with Gasteiger partial charge < -0.3 is 26.4 Å². The molecular weight excluding hydrogens is 290 g/mol. The van der Waals surface area contributed by atoms with Gasteiger partial charge in [-0.05, 0) is 38.8 Å². The summed E-state index contributed by atoms with van der Waals surface area (Å²) in [6, 6.07) is 0. The third kappa shape index (κ3) is 6.97. The SMILES string of the molecule is CC(C)(CC(OCCO)C(O)(CCCN)CCCN)[N+](=O)[O-]. The largest absolute Gasteiger partial charge is 0.394 e. The monoisotopic (exact) mass is 321 g/mol. The molecule has 132 valence electrons. The Kier molecular flexibility index (Phi) is 9.70. The topological polar surface area (TPSA) is 145 Å². The van der Waals surface area contributed by atoms with E-state index in [0.717, 1.165) is 0 Å². The summed E-state index contributed by atoms with van der Waals surface area (Å²) in [6.45, 7) is 3.63. The van der Waals surface area contributed by atoms with Crippen LogP contribution in [0.5, 0.6) is 0 Å². The number of nitro groups is 1.